The van der Waals surface area contributed by atoms with Gasteiger partial charge in [0, 0.05) is 22.1 Å². The number of esters is 2. The number of benzene rings is 3. The molecule has 0 saturated carbocycles. The minimum atomic E-state index is -0.361. The first-order chi connectivity index (χ1) is 15.5. The topological polar surface area (TPSA) is 83.6 Å². The summed E-state index contributed by atoms with van der Waals surface area (Å²) in [5, 5.41) is 1.71. The van der Waals surface area contributed by atoms with E-state index >= 15 is 0 Å². The molecule has 3 aromatic carbocycles. The zero-order valence-corrected chi connectivity index (χ0v) is 18.3. The van der Waals surface area contributed by atoms with Crippen LogP contribution in [0.15, 0.2) is 60.7 Å². The molecule has 1 aromatic heterocycles. The lowest BCUT2D eigenvalue weighted by molar-refractivity contribution is 0.0496. The first-order valence-corrected chi connectivity index (χ1v) is 10.8. The van der Waals surface area contributed by atoms with Crippen molar-refractivity contribution in [2.24, 2.45) is 0 Å². The summed E-state index contributed by atoms with van der Waals surface area (Å²) >= 11 is 0. The van der Waals surface area contributed by atoms with Crippen LogP contribution in [0.1, 0.15) is 47.4 Å². The molecule has 1 heterocycles. The Kier molecular flexibility index (Phi) is 6.12. The minimum Gasteiger partial charge on any atom is -0.462 e. The maximum atomic E-state index is 12.5. The smallest absolute Gasteiger partial charge is 0.338 e. The fraction of sp³-hybridized carbons (Fsp3) is 0.231. The molecule has 0 atom stereocenters. The van der Waals surface area contributed by atoms with Gasteiger partial charge in [-0.25, -0.2) is 9.59 Å². The van der Waals surface area contributed by atoms with Gasteiger partial charge in [-0.1, -0.05) is 13.8 Å². The molecule has 0 aliphatic carbocycles. The number of hydrogen-bond acceptors (Lipinski definition) is 5. The summed E-state index contributed by atoms with van der Waals surface area (Å²) < 4.78 is 12.7. The maximum Gasteiger partial charge on any atom is 0.338 e. The first kappa shape index (κ1) is 21.4. The Morgan fingerprint density at radius 3 is 1.66 bits per heavy atom. The molecule has 0 amide bonds. The third-order valence-corrected chi connectivity index (χ3v) is 5.26. The molecule has 0 fully saturated rings. The third kappa shape index (κ3) is 4.04. The molecular formula is C26H26N2O4. The summed E-state index contributed by atoms with van der Waals surface area (Å²) in [7, 11) is 0. The van der Waals surface area contributed by atoms with Crippen molar-refractivity contribution in [2.45, 2.75) is 26.7 Å². The van der Waals surface area contributed by atoms with Crippen molar-refractivity contribution in [3.05, 3.63) is 71.8 Å². The highest BCUT2D eigenvalue weighted by Gasteiger charge is 2.17. The van der Waals surface area contributed by atoms with Gasteiger partial charge in [0.2, 0.25) is 0 Å². The van der Waals surface area contributed by atoms with E-state index in [0.29, 0.717) is 30.0 Å². The van der Waals surface area contributed by atoms with E-state index < -0.39 is 0 Å². The quantitative estimate of drug-likeness (QED) is 0.309. The SMILES string of the molecule is CCCOC(=O)c1ccc2c(c1)c1cc(C(=O)OCCC)ccc1n2-c1ccc(N)cc1. The maximum absolute atomic E-state index is 12.5. The molecule has 0 spiro atoms. The van der Waals surface area contributed by atoms with Crippen molar-refractivity contribution in [1.82, 2.24) is 4.57 Å². The van der Waals surface area contributed by atoms with E-state index in [2.05, 4.69) is 4.57 Å². The Labute approximate surface area is 186 Å². The highest BCUT2D eigenvalue weighted by Crippen LogP contribution is 2.34. The first-order valence-electron chi connectivity index (χ1n) is 10.8. The predicted molar refractivity (Wildman–Crippen MR) is 126 cm³/mol. The molecule has 0 aliphatic heterocycles. The van der Waals surface area contributed by atoms with E-state index in [4.69, 9.17) is 15.2 Å². The second kappa shape index (κ2) is 9.14. The van der Waals surface area contributed by atoms with Crippen LogP contribution in [0.4, 0.5) is 5.69 Å². The van der Waals surface area contributed by atoms with Crippen molar-refractivity contribution < 1.29 is 19.1 Å². The van der Waals surface area contributed by atoms with Crippen molar-refractivity contribution >= 4 is 39.4 Å². The van der Waals surface area contributed by atoms with Gasteiger partial charge in [0.25, 0.3) is 0 Å². The summed E-state index contributed by atoms with van der Waals surface area (Å²) in [6.07, 6.45) is 1.52. The summed E-state index contributed by atoms with van der Waals surface area (Å²) in [6.45, 7) is 4.65. The number of anilines is 1. The van der Waals surface area contributed by atoms with Crippen LogP contribution in [-0.4, -0.2) is 29.7 Å². The van der Waals surface area contributed by atoms with Gasteiger partial charge >= 0.3 is 11.9 Å². The van der Waals surface area contributed by atoms with Crippen LogP contribution in [0.2, 0.25) is 0 Å². The molecule has 0 aliphatic rings. The zero-order chi connectivity index (χ0) is 22.7. The van der Waals surface area contributed by atoms with Crippen LogP contribution in [-0.2, 0) is 9.47 Å². The van der Waals surface area contributed by atoms with E-state index in [0.717, 1.165) is 40.3 Å². The van der Waals surface area contributed by atoms with Crippen molar-refractivity contribution in [1.29, 1.82) is 0 Å². The molecule has 2 N–H and O–H groups in total. The lowest BCUT2D eigenvalue weighted by atomic mass is 10.1. The van der Waals surface area contributed by atoms with Gasteiger partial charge in [-0.15, -0.1) is 0 Å². The van der Waals surface area contributed by atoms with Gasteiger partial charge in [-0.2, -0.15) is 0 Å². The number of nitrogens with two attached hydrogens (primary N) is 1. The molecule has 0 unspecified atom stereocenters. The van der Waals surface area contributed by atoms with Gasteiger partial charge in [-0.3, -0.25) is 0 Å². The zero-order valence-electron chi connectivity index (χ0n) is 18.3. The predicted octanol–water partition coefficient (Wildman–Crippen LogP) is 5.50. The van der Waals surface area contributed by atoms with Crippen LogP contribution in [0, 0.1) is 0 Å². The highest BCUT2D eigenvalue weighted by atomic mass is 16.5. The normalized spacial score (nSPS) is 11.1. The Morgan fingerprint density at radius 1 is 0.750 bits per heavy atom. The van der Waals surface area contributed by atoms with Gasteiger partial charge in [0.1, 0.15) is 0 Å². The Morgan fingerprint density at radius 2 is 1.22 bits per heavy atom. The number of hydrogen-bond donors (Lipinski definition) is 1. The number of aromatic nitrogens is 1. The monoisotopic (exact) mass is 430 g/mol. The molecule has 4 rings (SSSR count). The summed E-state index contributed by atoms with van der Waals surface area (Å²) in [6, 6.07) is 18.6. The average Bonchev–Trinajstić information content (AvgIpc) is 3.14. The molecule has 32 heavy (non-hydrogen) atoms. The number of carbonyl (C=O) groups excluding carboxylic acids is 2. The fourth-order valence-electron chi connectivity index (χ4n) is 3.73. The Bertz CT molecular complexity index is 1210. The molecular weight excluding hydrogens is 404 g/mol. The summed E-state index contributed by atoms with van der Waals surface area (Å²) in [5.41, 5.74) is 10.3. The molecule has 4 aromatic rings. The lowest BCUT2D eigenvalue weighted by Crippen LogP contribution is -2.05. The number of rotatable bonds is 7. The molecule has 6 heteroatoms. The molecule has 0 saturated heterocycles. The van der Waals surface area contributed by atoms with E-state index in [1.807, 2.05) is 62.4 Å². The van der Waals surface area contributed by atoms with Gasteiger partial charge in [-0.05, 0) is 73.5 Å². The number of carbonyl (C=O) groups is 2. The molecule has 0 radical (unpaired) electrons. The number of nitrogen functional groups attached to an aromatic ring is 1. The Hall–Kier alpha value is -3.80. The van der Waals surface area contributed by atoms with E-state index in [1.54, 1.807) is 12.1 Å². The minimum absolute atomic E-state index is 0.361. The molecule has 6 nitrogen and oxygen atoms in total. The van der Waals surface area contributed by atoms with Crippen molar-refractivity contribution in [3.8, 4) is 5.69 Å². The van der Waals surface area contributed by atoms with Gasteiger partial charge in [0.05, 0.1) is 35.4 Å². The van der Waals surface area contributed by atoms with Crippen molar-refractivity contribution in [2.75, 3.05) is 18.9 Å². The standard InChI is InChI=1S/C26H26N2O4/c1-3-13-31-25(29)17-5-11-23-21(15-17)22-16-18(26(30)32-14-4-2)6-12-24(22)28(23)20-9-7-19(27)8-10-20/h5-12,15-16H,3-4,13-14,27H2,1-2H3. The van der Waals surface area contributed by atoms with Gasteiger partial charge in [0.15, 0.2) is 0 Å². The largest absolute Gasteiger partial charge is 0.462 e. The van der Waals surface area contributed by atoms with Crippen LogP contribution >= 0.6 is 0 Å². The van der Waals surface area contributed by atoms with Gasteiger partial charge < -0.3 is 19.8 Å². The summed E-state index contributed by atoms with van der Waals surface area (Å²) in [5.74, 6) is -0.721. The fourth-order valence-corrected chi connectivity index (χ4v) is 3.73. The van der Waals surface area contributed by atoms with Crippen LogP contribution in [0.5, 0.6) is 0 Å². The number of nitrogens with zero attached hydrogens (tertiary/aromatic N) is 1. The van der Waals surface area contributed by atoms with E-state index in [-0.39, 0.29) is 11.9 Å². The molecule has 0 bridgehead atoms. The number of ether oxygens (including phenoxy) is 2. The lowest BCUT2D eigenvalue weighted by Gasteiger charge is -2.09. The molecule has 164 valence electrons. The van der Waals surface area contributed by atoms with E-state index in [1.165, 1.54) is 0 Å². The Balaban J connectivity index is 1.92. The van der Waals surface area contributed by atoms with Crippen LogP contribution in [0.25, 0.3) is 27.5 Å². The number of fused-ring (bicyclic) bond motifs is 3. The second-order valence-corrected chi connectivity index (χ2v) is 7.66. The average molecular weight is 431 g/mol. The second-order valence-electron chi connectivity index (χ2n) is 7.66. The highest BCUT2D eigenvalue weighted by molar-refractivity contribution is 6.12. The van der Waals surface area contributed by atoms with Crippen molar-refractivity contribution in [3.63, 3.8) is 0 Å². The third-order valence-electron chi connectivity index (χ3n) is 5.26. The summed E-state index contributed by atoms with van der Waals surface area (Å²) in [4.78, 5) is 24.9. The van der Waals surface area contributed by atoms with Crippen LogP contribution < -0.4 is 5.73 Å². The van der Waals surface area contributed by atoms with Crippen LogP contribution in [0.3, 0.4) is 0 Å². The van der Waals surface area contributed by atoms with E-state index in [9.17, 15) is 9.59 Å².